The molecule has 0 aliphatic rings. The number of halogens is 1. The molecule has 0 amide bonds. The lowest BCUT2D eigenvalue weighted by Crippen LogP contribution is -2.39. The van der Waals surface area contributed by atoms with E-state index in [0.717, 1.165) is 11.1 Å². The first-order valence-corrected chi connectivity index (χ1v) is 11.7. The average Bonchev–Trinajstić information content (AvgIpc) is 2.47. The second-order valence-corrected chi connectivity index (χ2v) is 12.5. The van der Waals surface area contributed by atoms with E-state index in [1.54, 1.807) is 13.2 Å². The number of hydrogen-bond donors (Lipinski definition) is 0. The van der Waals surface area contributed by atoms with E-state index >= 15 is 0 Å². The van der Waals surface area contributed by atoms with E-state index in [1.165, 1.54) is 11.3 Å². The normalized spacial score (nSPS) is 12.0. The molecule has 0 aliphatic carbocycles. The van der Waals surface area contributed by atoms with E-state index in [0.29, 0.717) is 5.30 Å². The van der Waals surface area contributed by atoms with Gasteiger partial charge in [0.05, 0.1) is 8.07 Å². The van der Waals surface area contributed by atoms with Gasteiger partial charge >= 0.3 is 0 Å². The molecule has 1 atom stereocenters. The van der Waals surface area contributed by atoms with Crippen LogP contribution in [0.1, 0.15) is 0 Å². The Balaban J connectivity index is 2.38. The molecule has 0 fully saturated rings. The minimum atomic E-state index is -1.43. The SMILES string of the molecule is COCOc1ccc([Si](C)(C)C)cc1Pc1ccccc1F. The number of benzene rings is 2. The van der Waals surface area contributed by atoms with Gasteiger partial charge in [0.2, 0.25) is 0 Å². The molecule has 5 heteroatoms. The lowest BCUT2D eigenvalue weighted by molar-refractivity contribution is 0.0519. The third-order valence-electron chi connectivity index (χ3n) is 3.32. The molecular weight excluding hydrogens is 314 g/mol. The first-order valence-electron chi connectivity index (χ1n) is 7.19. The van der Waals surface area contributed by atoms with Crippen LogP contribution in [0.4, 0.5) is 4.39 Å². The van der Waals surface area contributed by atoms with Gasteiger partial charge in [-0.1, -0.05) is 63.7 Å². The highest BCUT2D eigenvalue weighted by Crippen LogP contribution is 2.21. The van der Waals surface area contributed by atoms with Crippen molar-refractivity contribution in [2.45, 2.75) is 19.6 Å². The summed E-state index contributed by atoms with van der Waals surface area (Å²) in [5.41, 5.74) is 0. The van der Waals surface area contributed by atoms with E-state index in [4.69, 9.17) is 9.47 Å². The maximum Gasteiger partial charge on any atom is 0.188 e. The summed E-state index contributed by atoms with van der Waals surface area (Å²) in [7, 11) is 0.394. The zero-order valence-corrected chi connectivity index (χ0v) is 15.4. The first kappa shape index (κ1) is 17.1. The molecule has 22 heavy (non-hydrogen) atoms. The summed E-state index contributed by atoms with van der Waals surface area (Å²) < 4.78 is 24.6. The summed E-state index contributed by atoms with van der Waals surface area (Å²) in [6, 6.07) is 13.2. The van der Waals surface area contributed by atoms with Gasteiger partial charge in [0.1, 0.15) is 11.6 Å². The van der Waals surface area contributed by atoms with Crippen LogP contribution in [0, 0.1) is 5.82 Å². The van der Waals surface area contributed by atoms with Crippen molar-refractivity contribution in [3.63, 3.8) is 0 Å². The minimum absolute atomic E-state index is 0.170. The maximum atomic E-state index is 13.9. The zero-order chi connectivity index (χ0) is 16.2. The molecule has 2 rings (SSSR count). The summed E-state index contributed by atoms with van der Waals surface area (Å²) in [5, 5.41) is 3.08. The minimum Gasteiger partial charge on any atom is -0.467 e. The van der Waals surface area contributed by atoms with Gasteiger partial charge in [-0.2, -0.15) is 0 Å². The van der Waals surface area contributed by atoms with Crippen LogP contribution >= 0.6 is 8.58 Å². The van der Waals surface area contributed by atoms with Crippen LogP contribution in [0.3, 0.4) is 0 Å². The van der Waals surface area contributed by atoms with Crippen LogP contribution in [0.2, 0.25) is 19.6 Å². The third kappa shape index (κ3) is 4.39. The van der Waals surface area contributed by atoms with E-state index in [2.05, 4.69) is 31.8 Å². The second-order valence-electron chi connectivity index (χ2n) is 6.12. The van der Waals surface area contributed by atoms with Gasteiger partial charge in [0.25, 0.3) is 0 Å². The molecule has 0 heterocycles. The fraction of sp³-hybridized carbons (Fsp3) is 0.294. The van der Waals surface area contributed by atoms with Crippen molar-refractivity contribution in [3.8, 4) is 5.75 Å². The molecule has 2 nitrogen and oxygen atoms in total. The van der Waals surface area contributed by atoms with E-state index < -0.39 is 8.07 Å². The summed E-state index contributed by atoms with van der Waals surface area (Å²) in [5.74, 6) is 0.599. The Hall–Kier alpha value is -1.22. The van der Waals surface area contributed by atoms with Crippen LogP contribution in [0.5, 0.6) is 5.75 Å². The summed E-state index contributed by atoms with van der Waals surface area (Å²) in [6.07, 6.45) is 0. The summed E-state index contributed by atoms with van der Waals surface area (Å²) in [6.45, 7) is 7.09. The van der Waals surface area contributed by atoms with Crippen molar-refractivity contribution < 1.29 is 13.9 Å². The molecule has 0 saturated carbocycles. The second kappa shape index (κ2) is 7.36. The first-order chi connectivity index (χ1) is 10.4. The van der Waals surface area contributed by atoms with Gasteiger partial charge in [-0.25, -0.2) is 4.39 Å². The third-order valence-corrected chi connectivity index (χ3v) is 6.70. The molecule has 0 N–H and O–H groups in total. The topological polar surface area (TPSA) is 18.5 Å². The van der Waals surface area contributed by atoms with E-state index in [9.17, 15) is 4.39 Å². The molecule has 2 aromatic rings. The molecule has 1 unspecified atom stereocenters. The van der Waals surface area contributed by atoms with Crippen molar-refractivity contribution in [1.29, 1.82) is 0 Å². The Bertz CT molecular complexity index is 641. The number of hydrogen-bond acceptors (Lipinski definition) is 2. The van der Waals surface area contributed by atoms with Crippen molar-refractivity contribution in [3.05, 3.63) is 48.3 Å². The summed E-state index contributed by atoms with van der Waals surface area (Å²) in [4.78, 5) is 0. The molecule has 118 valence electrons. The van der Waals surface area contributed by atoms with E-state index in [-0.39, 0.29) is 21.2 Å². The Labute approximate surface area is 134 Å². The molecule has 2 aromatic carbocycles. The highest BCUT2D eigenvalue weighted by molar-refractivity contribution is 7.55. The maximum absolute atomic E-state index is 13.9. The van der Waals surface area contributed by atoms with Crippen LogP contribution in [0.25, 0.3) is 0 Å². The van der Waals surface area contributed by atoms with Gasteiger partial charge in [0.15, 0.2) is 6.79 Å². The Morgan fingerprint density at radius 3 is 2.41 bits per heavy atom. The standard InChI is InChI=1S/C17H22FO2PSi/c1-19-12-20-15-10-9-13(22(2,3)4)11-17(15)21-16-8-6-5-7-14(16)18/h5-11,21H,12H2,1-4H3. The monoisotopic (exact) mass is 336 g/mol. The molecule has 0 aromatic heterocycles. The Morgan fingerprint density at radius 1 is 1.05 bits per heavy atom. The fourth-order valence-corrected chi connectivity index (χ4v) is 4.53. The highest BCUT2D eigenvalue weighted by Gasteiger charge is 2.19. The Morgan fingerprint density at radius 2 is 1.77 bits per heavy atom. The van der Waals surface area contributed by atoms with Gasteiger partial charge in [-0.3, -0.25) is 0 Å². The van der Waals surface area contributed by atoms with Crippen molar-refractivity contribution in [2.75, 3.05) is 13.9 Å². The smallest absolute Gasteiger partial charge is 0.188 e. The zero-order valence-electron chi connectivity index (χ0n) is 13.4. The predicted octanol–water partition coefficient (Wildman–Crippen LogP) is 2.98. The predicted molar refractivity (Wildman–Crippen MR) is 95.9 cm³/mol. The average molecular weight is 336 g/mol. The molecular formula is C17H22FO2PSi. The fourth-order valence-electron chi connectivity index (χ4n) is 2.05. The molecule has 0 aliphatic heterocycles. The van der Waals surface area contributed by atoms with Gasteiger partial charge < -0.3 is 9.47 Å². The van der Waals surface area contributed by atoms with Crippen molar-refractivity contribution in [1.82, 2.24) is 0 Å². The molecule has 0 saturated heterocycles. The lowest BCUT2D eigenvalue weighted by Gasteiger charge is -2.20. The van der Waals surface area contributed by atoms with Gasteiger partial charge in [-0.05, 0) is 12.1 Å². The quantitative estimate of drug-likeness (QED) is 0.459. The van der Waals surface area contributed by atoms with Gasteiger partial charge in [-0.15, -0.1) is 0 Å². The lowest BCUT2D eigenvalue weighted by atomic mass is 10.3. The van der Waals surface area contributed by atoms with Gasteiger partial charge in [0, 0.05) is 17.7 Å². The van der Waals surface area contributed by atoms with Crippen molar-refractivity contribution in [2.24, 2.45) is 0 Å². The van der Waals surface area contributed by atoms with Crippen LogP contribution in [-0.2, 0) is 4.74 Å². The van der Waals surface area contributed by atoms with Crippen LogP contribution < -0.4 is 20.5 Å². The van der Waals surface area contributed by atoms with Crippen LogP contribution in [-0.4, -0.2) is 22.0 Å². The largest absolute Gasteiger partial charge is 0.467 e. The van der Waals surface area contributed by atoms with E-state index in [1.807, 2.05) is 18.2 Å². The summed E-state index contributed by atoms with van der Waals surface area (Å²) >= 11 is 0. The number of ether oxygens (including phenoxy) is 2. The molecule has 0 spiro atoms. The molecule has 0 bridgehead atoms. The Kier molecular flexibility index (Phi) is 5.73. The highest BCUT2D eigenvalue weighted by atomic mass is 31.1. The van der Waals surface area contributed by atoms with Crippen LogP contribution in [0.15, 0.2) is 42.5 Å². The number of methoxy groups -OCH3 is 1. The number of rotatable bonds is 6. The molecule has 0 radical (unpaired) electrons. The van der Waals surface area contributed by atoms with Crippen molar-refractivity contribution >= 4 is 32.5 Å².